The minimum absolute atomic E-state index is 0.00421. The van der Waals surface area contributed by atoms with E-state index in [0.29, 0.717) is 0 Å². The minimum atomic E-state index is -4.33. The third-order valence-electron chi connectivity index (χ3n) is 1.74. The molecule has 1 heterocycles. The van der Waals surface area contributed by atoms with Gasteiger partial charge in [0.2, 0.25) is 0 Å². The fourth-order valence-corrected chi connectivity index (χ4v) is 1.29. The zero-order valence-electron chi connectivity index (χ0n) is 6.82. The topological polar surface area (TPSA) is 12.9 Å². The van der Waals surface area contributed by atoms with Crippen LogP contribution in [0.5, 0.6) is 0 Å². The second-order valence-corrected chi connectivity index (χ2v) is 2.83. The molecule has 0 unspecified atom stereocenters. The first-order valence-corrected chi connectivity index (χ1v) is 4.08. The van der Waals surface area contributed by atoms with Gasteiger partial charge in [0.25, 0.3) is 0 Å². The summed E-state index contributed by atoms with van der Waals surface area (Å²) in [4.78, 5) is 3.74. The molecule has 1 rings (SSSR count). The van der Waals surface area contributed by atoms with Crippen molar-refractivity contribution < 1.29 is 13.2 Å². The summed E-state index contributed by atoms with van der Waals surface area (Å²) in [6.45, 7) is 1.37. The Hall–Kier alpha value is -0.770. The van der Waals surface area contributed by atoms with Gasteiger partial charge >= 0.3 is 6.18 Å². The van der Waals surface area contributed by atoms with Gasteiger partial charge in [0.15, 0.2) is 0 Å². The lowest BCUT2D eigenvalue weighted by Gasteiger charge is -2.11. The molecule has 0 saturated carbocycles. The SMILES string of the molecule is Cc1c(C(F)(F)F)ccnc1CCl. The fourth-order valence-electron chi connectivity index (χ4n) is 1.02. The molecule has 0 spiro atoms. The van der Waals surface area contributed by atoms with Gasteiger partial charge in [-0.3, -0.25) is 4.98 Å². The molecular formula is C8H7ClF3N. The first-order chi connectivity index (χ1) is 5.96. The number of halogens is 4. The van der Waals surface area contributed by atoms with E-state index in [1.807, 2.05) is 0 Å². The monoisotopic (exact) mass is 209 g/mol. The zero-order chi connectivity index (χ0) is 10.1. The molecule has 0 aliphatic heterocycles. The van der Waals surface area contributed by atoms with Crippen LogP contribution >= 0.6 is 11.6 Å². The first kappa shape index (κ1) is 10.3. The Labute approximate surface area is 78.5 Å². The van der Waals surface area contributed by atoms with Gasteiger partial charge in [0, 0.05) is 6.20 Å². The van der Waals surface area contributed by atoms with E-state index < -0.39 is 11.7 Å². The van der Waals surface area contributed by atoms with Crippen LogP contribution in [0.2, 0.25) is 0 Å². The van der Waals surface area contributed by atoms with Crippen molar-refractivity contribution in [3.8, 4) is 0 Å². The third-order valence-corrected chi connectivity index (χ3v) is 1.99. The Kier molecular flexibility index (Phi) is 2.81. The molecule has 72 valence electrons. The molecule has 0 atom stereocenters. The van der Waals surface area contributed by atoms with Crippen molar-refractivity contribution in [1.29, 1.82) is 0 Å². The normalized spacial score (nSPS) is 11.8. The molecule has 1 aromatic heterocycles. The van der Waals surface area contributed by atoms with Crippen molar-refractivity contribution in [3.05, 3.63) is 29.1 Å². The van der Waals surface area contributed by atoms with Gasteiger partial charge in [-0.05, 0) is 18.6 Å². The molecule has 0 aliphatic rings. The van der Waals surface area contributed by atoms with Crippen LogP contribution < -0.4 is 0 Å². The molecule has 1 aromatic rings. The number of nitrogens with zero attached hydrogens (tertiary/aromatic N) is 1. The highest BCUT2D eigenvalue weighted by molar-refractivity contribution is 6.17. The summed E-state index contributed by atoms with van der Waals surface area (Å²) in [5, 5.41) is 0. The first-order valence-electron chi connectivity index (χ1n) is 3.54. The van der Waals surface area contributed by atoms with Crippen molar-refractivity contribution in [2.75, 3.05) is 0 Å². The molecule has 0 aliphatic carbocycles. The average molecular weight is 210 g/mol. The predicted octanol–water partition coefficient (Wildman–Crippen LogP) is 3.15. The van der Waals surface area contributed by atoms with E-state index >= 15 is 0 Å². The van der Waals surface area contributed by atoms with Gasteiger partial charge in [-0.1, -0.05) is 0 Å². The van der Waals surface area contributed by atoms with E-state index in [1.165, 1.54) is 6.92 Å². The van der Waals surface area contributed by atoms with E-state index in [-0.39, 0.29) is 17.1 Å². The van der Waals surface area contributed by atoms with Crippen molar-refractivity contribution in [2.45, 2.75) is 19.0 Å². The fraction of sp³-hybridized carbons (Fsp3) is 0.375. The van der Waals surface area contributed by atoms with E-state index in [2.05, 4.69) is 4.98 Å². The van der Waals surface area contributed by atoms with Crippen LogP contribution in [0.1, 0.15) is 16.8 Å². The second kappa shape index (κ2) is 3.54. The minimum Gasteiger partial charge on any atom is -0.260 e. The summed E-state index contributed by atoms with van der Waals surface area (Å²) in [5.74, 6) is -0.00421. The molecule has 0 bridgehead atoms. The zero-order valence-corrected chi connectivity index (χ0v) is 7.58. The van der Waals surface area contributed by atoms with Gasteiger partial charge in [-0.2, -0.15) is 13.2 Å². The summed E-state index contributed by atoms with van der Waals surface area (Å²) < 4.78 is 36.9. The Morgan fingerprint density at radius 3 is 2.54 bits per heavy atom. The summed E-state index contributed by atoms with van der Waals surface area (Å²) in [6.07, 6.45) is -3.21. The summed E-state index contributed by atoms with van der Waals surface area (Å²) in [5.41, 5.74) is -0.292. The van der Waals surface area contributed by atoms with Crippen LogP contribution in [0.3, 0.4) is 0 Å². The molecule has 0 saturated heterocycles. The van der Waals surface area contributed by atoms with Gasteiger partial charge in [-0.25, -0.2) is 0 Å². The van der Waals surface area contributed by atoms with E-state index in [1.54, 1.807) is 0 Å². The number of aromatic nitrogens is 1. The van der Waals surface area contributed by atoms with E-state index in [9.17, 15) is 13.2 Å². The molecule has 0 aromatic carbocycles. The smallest absolute Gasteiger partial charge is 0.260 e. The van der Waals surface area contributed by atoms with E-state index in [4.69, 9.17) is 11.6 Å². The molecule has 0 radical (unpaired) electrons. The molecule has 0 fully saturated rings. The quantitative estimate of drug-likeness (QED) is 0.648. The van der Waals surface area contributed by atoms with Gasteiger partial charge in [-0.15, -0.1) is 11.6 Å². The van der Waals surface area contributed by atoms with Crippen molar-refractivity contribution in [1.82, 2.24) is 4.98 Å². The number of hydrogen-bond donors (Lipinski definition) is 0. The van der Waals surface area contributed by atoms with E-state index in [0.717, 1.165) is 12.3 Å². The third kappa shape index (κ3) is 2.12. The molecule has 0 amide bonds. The van der Waals surface area contributed by atoms with Crippen LogP contribution in [-0.2, 0) is 12.1 Å². The summed E-state index contributed by atoms with van der Waals surface area (Å²) in [7, 11) is 0. The van der Waals surface area contributed by atoms with Crippen LogP contribution in [0.15, 0.2) is 12.3 Å². The Morgan fingerprint density at radius 2 is 2.08 bits per heavy atom. The van der Waals surface area contributed by atoms with Crippen LogP contribution in [0, 0.1) is 6.92 Å². The maximum atomic E-state index is 12.3. The average Bonchev–Trinajstić information content (AvgIpc) is 2.02. The Bertz CT molecular complexity index is 309. The number of rotatable bonds is 1. The van der Waals surface area contributed by atoms with Crippen molar-refractivity contribution >= 4 is 11.6 Å². The molecule has 1 nitrogen and oxygen atoms in total. The second-order valence-electron chi connectivity index (χ2n) is 2.56. The molecule has 5 heteroatoms. The number of hydrogen-bond acceptors (Lipinski definition) is 1. The highest BCUT2D eigenvalue weighted by Crippen LogP contribution is 2.32. The van der Waals surface area contributed by atoms with Gasteiger partial charge in [0.05, 0.1) is 17.1 Å². The largest absolute Gasteiger partial charge is 0.416 e. The summed E-state index contributed by atoms with van der Waals surface area (Å²) >= 11 is 5.42. The number of pyridine rings is 1. The molecule has 13 heavy (non-hydrogen) atoms. The maximum Gasteiger partial charge on any atom is 0.416 e. The number of alkyl halides is 4. The van der Waals surface area contributed by atoms with Crippen LogP contribution in [0.25, 0.3) is 0 Å². The lowest BCUT2D eigenvalue weighted by atomic mass is 10.1. The van der Waals surface area contributed by atoms with Gasteiger partial charge < -0.3 is 0 Å². The van der Waals surface area contributed by atoms with Crippen molar-refractivity contribution in [2.24, 2.45) is 0 Å². The molecular weight excluding hydrogens is 203 g/mol. The Balaban J connectivity index is 3.24. The Morgan fingerprint density at radius 1 is 1.46 bits per heavy atom. The van der Waals surface area contributed by atoms with Crippen LogP contribution in [0.4, 0.5) is 13.2 Å². The highest BCUT2D eigenvalue weighted by atomic mass is 35.5. The lowest BCUT2D eigenvalue weighted by Crippen LogP contribution is -2.09. The predicted molar refractivity (Wildman–Crippen MR) is 43.5 cm³/mol. The van der Waals surface area contributed by atoms with Crippen LogP contribution in [-0.4, -0.2) is 4.98 Å². The summed E-state index contributed by atoms with van der Waals surface area (Å²) in [6, 6.07) is 0.950. The standard InChI is InChI=1S/C8H7ClF3N/c1-5-6(8(10,11)12)2-3-13-7(5)4-9/h2-3H,4H2,1H3. The molecule has 0 N–H and O–H groups in total. The van der Waals surface area contributed by atoms with Gasteiger partial charge in [0.1, 0.15) is 0 Å². The van der Waals surface area contributed by atoms with Crippen molar-refractivity contribution in [3.63, 3.8) is 0 Å². The maximum absolute atomic E-state index is 12.3. The highest BCUT2D eigenvalue weighted by Gasteiger charge is 2.32. The lowest BCUT2D eigenvalue weighted by molar-refractivity contribution is -0.138.